The van der Waals surface area contributed by atoms with Crippen molar-refractivity contribution >= 4 is 34.6 Å². The van der Waals surface area contributed by atoms with E-state index in [9.17, 15) is 20.0 Å². The van der Waals surface area contributed by atoms with E-state index >= 15 is 0 Å². The molecular formula is C26H20N2O5. The number of phenolic OH excluding ortho intramolecular Hbond substituents is 1. The van der Waals surface area contributed by atoms with Gasteiger partial charge in [-0.05, 0) is 84.0 Å². The number of esters is 1. The van der Waals surface area contributed by atoms with E-state index in [4.69, 9.17) is 4.74 Å². The van der Waals surface area contributed by atoms with E-state index in [1.54, 1.807) is 24.5 Å². The Labute approximate surface area is 189 Å². The van der Waals surface area contributed by atoms with Gasteiger partial charge in [-0.1, -0.05) is 12.2 Å². The number of nitro benzene ring substituents is 1. The van der Waals surface area contributed by atoms with Crippen molar-refractivity contribution in [3.05, 3.63) is 105 Å². The van der Waals surface area contributed by atoms with Crippen LogP contribution in [-0.4, -0.2) is 21.0 Å². The molecule has 0 radical (unpaired) electrons. The third kappa shape index (κ3) is 4.72. The van der Waals surface area contributed by atoms with Crippen LogP contribution in [0.25, 0.3) is 22.9 Å². The summed E-state index contributed by atoms with van der Waals surface area (Å²) in [6.07, 6.45) is 7.03. The molecule has 33 heavy (non-hydrogen) atoms. The first-order valence-electron chi connectivity index (χ1n) is 10.1. The zero-order valence-electron chi connectivity index (χ0n) is 18.0. The fourth-order valence-electron chi connectivity index (χ4n) is 3.54. The second-order valence-corrected chi connectivity index (χ2v) is 7.64. The number of carbonyl (C=O) groups excluding carboxylic acids is 1. The smallest absolute Gasteiger partial charge is 0.344 e. The number of ether oxygens (including phenoxy) is 1. The molecule has 4 aromatic rings. The predicted molar refractivity (Wildman–Crippen MR) is 126 cm³/mol. The number of fused-ring (bicyclic) bond motifs is 1. The van der Waals surface area contributed by atoms with Crippen molar-refractivity contribution in [3.8, 4) is 11.5 Å². The fourth-order valence-corrected chi connectivity index (χ4v) is 3.54. The van der Waals surface area contributed by atoms with Crippen LogP contribution in [0.1, 0.15) is 32.6 Å². The van der Waals surface area contributed by atoms with E-state index < -0.39 is 10.9 Å². The summed E-state index contributed by atoms with van der Waals surface area (Å²) in [6.45, 7) is 3.66. The number of non-ortho nitro benzene ring substituents is 1. The number of hydrogen-bond donors (Lipinski definition) is 1. The van der Waals surface area contributed by atoms with Crippen LogP contribution in [-0.2, 0) is 0 Å². The molecule has 0 spiro atoms. The van der Waals surface area contributed by atoms with Crippen LogP contribution in [0.5, 0.6) is 11.5 Å². The average molecular weight is 440 g/mol. The lowest BCUT2D eigenvalue weighted by Gasteiger charge is -2.10. The Kier molecular flexibility index (Phi) is 5.87. The molecule has 3 aromatic carbocycles. The van der Waals surface area contributed by atoms with E-state index in [-0.39, 0.29) is 17.2 Å². The maximum atomic E-state index is 13.0. The van der Waals surface area contributed by atoms with Gasteiger partial charge >= 0.3 is 5.97 Å². The lowest BCUT2D eigenvalue weighted by atomic mass is 10.00. The van der Waals surface area contributed by atoms with E-state index in [1.165, 1.54) is 24.3 Å². The molecule has 1 aromatic heterocycles. The molecule has 1 heterocycles. The summed E-state index contributed by atoms with van der Waals surface area (Å²) in [4.78, 5) is 27.5. The van der Waals surface area contributed by atoms with Gasteiger partial charge in [0.05, 0.1) is 10.5 Å². The minimum absolute atomic E-state index is 0.0869. The number of carbonyl (C=O) groups is 1. The summed E-state index contributed by atoms with van der Waals surface area (Å²) in [6, 6.07) is 14.4. The summed E-state index contributed by atoms with van der Waals surface area (Å²) in [5, 5.41) is 22.5. The van der Waals surface area contributed by atoms with Crippen molar-refractivity contribution in [2.75, 3.05) is 0 Å². The van der Waals surface area contributed by atoms with E-state index in [0.29, 0.717) is 11.1 Å². The zero-order chi connectivity index (χ0) is 23.5. The number of nitrogens with zero attached hydrogens (tertiary/aromatic N) is 2. The number of phenols is 1. The summed E-state index contributed by atoms with van der Waals surface area (Å²) in [5.41, 5.74) is 3.28. The summed E-state index contributed by atoms with van der Waals surface area (Å²) >= 11 is 0. The largest absolute Gasteiger partial charge is 0.507 e. The SMILES string of the molecule is Cc1cc(C=Cc2cc3cnccc3cc2C(=O)Oc2ccc([N+](=O)[O-])cc2)cc(C)c1O. The van der Waals surface area contributed by atoms with Crippen molar-refractivity contribution in [1.82, 2.24) is 4.98 Å². The Bertz CT molecular complexity index is 1390. The molecule has 7 heteroatoms. The van der Waals surface area contributed by atoms with E-state index in [2.05, 4.69) is 4.98 Å². The molecular weight excluding hydrogens is 420 g/mol. The maximum absolute atomic E-state index is 13.0. The van der Waals surface area contributed by atoms with Crippen LogP contribution < -0.4 is 4.74 Å². The maximum Gasteiger partial charge on any atom is 0.344 e. The van der Waals surface area contributed by atoms with Gasteiger partial charge in [-0.15, -0.1) is 0 Å². The molecule has 0 unspecified atom stereocenters. The molecule has 1 N–H and O–H groups in total. The van der Waals surface area contributed by atoms with Gasteiger partial charge in [0.15, 0.2) is 0 Å². The topological polar surface area (TPSA) is 103 Å². The molecule has 4 rings (SSSR count). The number of hydrogen-bond acceptors (Lipinski definition) is 6. The lowest BCUT2D eigenvalue weighted by Crippen LogP contribution is -2.10. The molecule has 0 saturated carbocycles. The van der Waals surface area contributed by atoms with Crippen molar-refractivity contribution in [2.24, 2.45) is 0 Å². The monoisotopic (exact) mass is 440 g/mol. The van der Waals surface area contributed by atoms with Crippen LogP contribution in [0.4, 0.5) is 5.69 Å². The third-order valence-electron chi connectivity index (χ3n) is 5.26. The van der Waals surface area contributed by atoms with Gasteiger partial charge in [0.25, 0.3) is 5.69 Å². The number of aryl methyl sites for hydroxylation is 2. The molecule has 0 atom stereocenters. The van der Waals surface area contributed by atoms with Gasteiger partial charge in [0, 0.05) is 29.9 Å². The highest BCUT2D eigenvalue weighted by atomic mass is 16.6. The highest BCUT2D eigenvalue weighted by molar-refractivity contribution is 6.01. The van der Waals surface area contributed by atoms with Crippen LogP contribution in [0, 0.1) is 24.0 Å². The summed E-state index contributed by atoms with van der Waals surface area (Å²) in [5.74, 6) is -0.114. The Morgan fingerprint density at radius 1 is 1.00 bits per heavy atom. The normalized spacial score (nSPS) is 11.1. The van der Waals surface area contributed by atoms with Crippen LogP contribution in [0.3, 0.4) is 0 Å². The molecule has 0 aliphatic carbocycles. The van der Waals surface area contributed by atoms with Crippen LogP contribution in [0.2, 0.25) is 0 Å². The van der Waals surface area contributed by atoms with E-state index in [0.717, 1.165) is 27.5 Å². The minimum Gasteiger partial charge on any atom is -0.507 e. The Morgan fingerprint density at radius 2 is 1.70 bits per heavy atom. The molecule has 0 aliphatic rings. The van der Waals surface area contributed by atoms with E-state index in [1.807, 2.05) is 44.2 Å². The number of aromatic nitrogens is 1. The Morgan fingerprint density at radius 3 is 2.36 bits per heavy atom. The van der Waals surface area contributed by atoms with Gasteiger partial charge in [0.2, 0.25) is 0 Å². The van der Waals surface area contributed by atoms with Crippen molar-refractivity contribution in [2.45, 2.75) is 13.8 Å². The lowest BCUT2D eigenvalue weighted by molar-refractivity contribution is -0.384. The summed E-state index contributed by atoms with van der Waals surface area (Å²) < 4.78 is 5.49. The molecule has 7 nitrogen and oxygen atoms in total. The molecule has 0 saturated heterocycles. The number of aromatic hydroxyl groups is 1. The first kappa shape index (κ1) is 21.7. The zero-order valence-corrected chi connectivity index (χ0v) is 18.0. The van der Waals surface area contributed by atoms with Gasteiger partial charge < -0.3 is 9.84 Å². The minimum atomic E-state index is -0.583. The van der Waals surface area contributed by atoms with Gasteiger partial charge in [-0.2, -0.15) is 0 Å². The van der Waals surface area contributed by atoms with Gasteiger partial charge in [-0.25, -0.2) is 4.79 Å². The molecule has 0 amide bonds. The molecule has 164 valence electrons. The highest BCUT2D eigenvalue weighted by Crippen LogP contribution is 2.27. The average Bonchev–Trinajstić information content (AvgIpc) is 2.80. The molecule has 0 bridgehead atoms. The summed E-state index contributed by atoms with van der Waals surface area (Å²) in [7, 11) is 0. The standard InChI is InChI=1S/C26H20N2O5/c1-16-11-18(12-17(2)25(16)29)3-4-20-13-21-15-27-10-9-19(21)14-24(20)26(30)33-23-7-5-22(6-8-23)28(31)32/h3-15,29H,1-2H3. The van der Waals surface area contributed by atoms with Crippen molar-refractivity contribution in [3.63, 3.8) is 0 Å². The van der Waals surface area contributed by atoms with Gasteiger partial charge in [0.1, 0.15) is 11.5 Å². The number of pyridine rings is 1. The second kappa shape index (κ2) is 8.92. The van der Waals surface area contributed by atoms with Crippen LogP contribution >= 0.6 is 0 Å². The van der Waals surface area contributed by atoms with Gasteiger partial charge in [-0.3, -0.25) is 15.1 Å². The number of benzene rings is 3. The van der Waals surface area contributed by atoms with Crippen molar-refractivity contribution < 1.29 is 19.6 Å². The first-order valence-corrected chi connectivity index (χ1v) is 10.1. The quantitative estimate of drug-likeness (QED) is 0.137. The second-order valence-electron chi connectivity index (χ2n) is 7.64. The molecule has 0 fully saturated rings. The predicted octanol–water partition coefficient (Wildman–Crippen LogP) is 5.86. The van der Waals surface area contributed by atoms with Crippen molar-refractivity contribution in [1.29, 1.82) is 0 Å². The fraction of sp³-hybridized carbons (Fsp3) is 0.0769. The Hall–Kier alpha value is -4.52. The Balaban J connectivity index is 1.71. The number of nitro groups is 1. The first-order chi connectivity index (χ1) is 15.8. The molecule has 0 aliphatic heterocycles. The van der Waals surface area contributed by atoms with Crippen LogP contribution in [0.15, 0.2) is 67.0 Å². The number of rotatable bonds is 5. The third-order valence-corrected chi connectivity index (χ3v) is 5.26. The highest BCUT2D eigenvalue weighted by Gasteiger charge is 2.15.